The minimum absolute atomic E-state index is 0.196. The summed E-state index contributed by atoms with van der Waals surface area (Å²) in [5, 5.41) is 9.32. The highest BCUT2D eigenvalue weighted by Gasteiger charge is 2.26. The average molecular weight is 309 g/mol. The molecule has 0 radical (unpaired) electrons. The standard InChI is InChI=1S/C15H23N3O4/c1-4-22-12-11(14(20)21)16-15(18(3)13(12)19)17(2)10-8-6-5-7-9-10/h10H,4-9H2,1-3H3,(H,20,21). The number of carbonyl (C=O) groups is 1. The van der Waals surface area contributed by atoms with E-state index in [1.165, 1.54) is 11.0 Å². The van der Waals surface area contributed by atoms with Gasteiger partial charge in [-0.05, 0) is 19.8 Å². The predicted molar refractivity (Wildman–Crippen MR) is 82.9 cm³/mol. The fourth-order valence-corrected chi connectivity index (χ4v) is 2.94. The second kappa shape index (κ2) is 6.81. The minimum Gasteiger partial charge on any atom is -0.486 e. The smallest absolute Gasteiger partial charge is 0.358 e. The lowest BCUT2D eigenvalue weighted by Gasteiger charge is -2.32. The number of hydrogen-bond donors (Lipinski definition) is 1. The van der Waals surface area contributed by atoms with Gasteiger partial charge < -0.3 is 14.7 Å². The minimum atomic E-state index is -1.25. The van der Waals surface area contributed by atoms with E-state index in [4.69, 9.17) is 4.74 Å². The van der Waals surface area contributed by atoms with E-state index >= 15 is 0 Å². The van der Waals surface area contributed by atoms with Crippen LogP contribution < -0.4 is 15.2 Å². The van der Waals surface area contributed by atoms with Gasteiger partial charge in [0.2, 0.25) is 11.7 Å². The monoisotopic (exact) mass is 309 g/mol. The molecule has 1 aliphatic rings. The molecule has 0 aromatic carbocycles. The maximum absolute atomic E-state index is 12.4. The number of carboxylic acid groups (broad SMARTS) is 1. The molecule has 0 aliphatic heterocycles. The van der Waals surface area contributed by atoms with Gasteiger partial charge in [-0.25, -0.2) is 9.78 Å². The van der Waals surface area contributed by atoms with Gasteiger partial charge in [0.05, 0.1) is 6.61 Å². The van der Waals surface area contributed by atoms with Gasteiger partial charge in [0.25, 0.3) is 5.56 Å². The van der Waals surface area contributed by atoms with Gasteiger partial charge in [0.15, 0.2) is 5.69 Å². The highest BCUT2D eigenvalue weighted by atomic mass is 16.5. The van der Waals surface area contributed by atoms with Crippen molar-refractivity contribution in [2.45, 2.75) is 45.1 Å². The third-order valence-electron chi connectivity index (χ3n) is 4.15. The molecule has 7 nitrogen and oxygen atoms in total. The normalized spacial score (nSPS) is 15.6. The Labute approximate surface area is 129 Å². The zero-order valence-electron chi connectivity index (χ0n) is 13.3. The largest absolute Gasteiger partial charge is 0.486 e. The summed E-state index contributed by atoms with van der Waals surface area (Å²) in [4.78, 5) is 29.9. The zero-order chi connectivity index (χ0) is 16.3. The Kier molecular flexibility index (Phi) is 5.05. The van der Waals surface area contributed by atoms with Crippen LogP contribution >= 0.6 is 0 Å². The number of aromatic nitrogens is 2. The number of rotatable bonds is 5. The fourth-order valence-electron chi connectivity index (χ4n) is 2.94. The van der Waals surface area contributed by atoms with Crippen molar-refractivity contribution in [3.63, 3.8) is 0 Å². The first-order valence-corrected chi connectivity index (χ1v) is 7.67. The van der Waals surface area contributed by atoms with Crippen LogP contribution in [0.3, 0.4) is 0 Å². The van der Waals surface area contributed by atoms with Gasteiger partial charge in [-0.1, -0.05) is 19.3 Å². The number of nitrogens with zero attached hydrogens (tertiary/aromatic N) is 3. The lowest BCUT2D eigenvalue weighted by atomic mass is 9.95. The van der Waals surface area contributed by atoms with Gasteiger partial charge in [-0.2, -0.15) is 0 Å². The third-order valence-corrected chi connectivity index (χ3v) is 4.15. The van der Waals surface area contributed by atoms with Crippen LogP contribution in [0.5, 0.6) is 5.75 Å². The van der Waals surface area contributed by atoms with E-state index in [1.807, 2.05) is 11.9 Å². The molecule has 0 amide bonds. The van der Waals surface area contributed by atoms with Crippen LogP contribution in [0.1, 0.15) is 49.5 Å². The summed E-state index contributed by atoms with van der Waals surface area (Å²) in [6.07, 6.45) is 5.57. The van der Waals surface area contributed by atoms with Crippen LogP contribution in [0.25, 0.3) is 0 Å². The molecule has 1 aromatic heterocycles. The fraction of sp³-hybridized carbons (Fsp3) is 0.667. The van der Waals surface area contributed by atoms with Crippen LogP contribution in [0.2, 0.25) is 0 Å². The highest BCUT2D eigenvalue weighted by Crippen LogP contribution is 2.25. The lowest BCUT2D eigenvalue weighted by Crippen LogP contribution is -2.39. The quantitative estimate of drug-likeness (QED) is 0.890. The van der Waals surface area contributed by atoms with Crippen LogP contribution in [-0.2, 0) is 7.05 Å². The number of hydrogen-bond acceptors (Lipinski definition) is 5. The van der Waals surface area contributed by atoms with Crippen molar-refractivity contribution in [2.75, 3.05) is 18.6 Å². The molecule has 0 saturated heterocycles. The number of anilines is 1. The summed E-state index contributed by atoms with van der Waals surface area (Å²) in [7, 11) is 3.46. The van der Waals surface area contributed by atoms with Crippen molar-refractivity contribution in [3.8, 4) is 5.75 Å². The summed E-state index contributed by atoms with van der Waals surface area (Å²) in [6.45, 7) is 1.92. The summed E-state index contributed by atoms with van der Waals surface area (Å²) in [5.74, 6) is -1.07. The molecule has 122 valence electrons. The van der Waals surface area contributed by atoms with E-state index in [0.29, 0.717) is 5.95 Å². The molecule has 1 heterocycles. The van der Waals surface area contributed by atoms with Crippen molar-refractivity contribution in [1.29, 1.82) is 0 Å². The first kappa shape index (κ1) is 16.3. The van der Waals surface area contributed by atoms with Crippen molar-refractivity contribution < 1.29 is 14.6 Å². The van der Waals surface area contributed by atoms with Crippen LogP contribution in [-0.4, -0.2) is 40.3 Å². The van der Waals surface area contributed by atoms with Crippen molar-refractivity contribution in [2.24, 2.45) is 7.05 Å². The van der Waals surface area contributed by atoms with Gasteiger partial charge >= 0.3 is 5.97 Å². The Balaban J connectivity index is 2.47. The molecule has 1 fully saturated rings. The second-order valence-corrected chi connectivity index (χ2v) is 5.59. The second-order valence-electron chi connectivity index (χ2n) is 5.59. The van der Waals surface area contributed by atoms with Crippen LogP contribution in [0.15, 0.2) is 4.79 Å². The maximum atomic E-state index is 12.4. The molecule has 7 heteroatoms. The molecule has 22 heavy (non-hydrogen) atoms. The molecule has 1 aliphatic carbocycles. The van der Waals surface area contributed by atoms with Crippen LogP contribution in [0.4, 0.5) is 5.95 Å². The van der Waals surface area contributed by atoms with E-state index in [0.717, 1.165) is 25.7 Å². The first-order valence-electron chi connectivity index (χ1n) is 7.67. The van der Waals surface area contributed by atoms with E-state index < -0.39 is 11.5 Å². The summed E-state index contributed by atoms with van der Waals surface area (Å²) < 4.78 is 6.56. The van der Waals surface area contributed by atoms with E-state index in [-0.39, 0.29) is 24.1 Å². The first-order chi connectivity index (χ1) is 10.5. The lowest BCUT2D eigenvalue weighted by molar-refractivity contribution is 0.0684. The molecule has 1 N–H and O–H groups in total. The Hall–Kier alpha value is -2.05. The van der Waals surface area contributed by atoms with Gasteiger partial charge in [0, 0.05) is 20.1 Å². The molecule has 0 spiro atoms. The highest BCUT2D eigenvalue weighted by molar-refractivity contribution is 5.88. The molecule has 0 bridgehead atoms. The molecule has 1 saturated carbocycles. The zero-order valence-corrected chi connectivity index (χ0v) is 13.3. The van der Waals surface area contributed by atoms with Gasteiger partial charge in [-0.3, -0.25) is 9.36 Å². The molecular weight excluding hydrogens is 286 g/mol. The van der Waals surface area contributed by atoms with Crippen LogP contribution in [0, 0.1) is 0 Å². The molecule has 0 atom stereocenters. The summed E-state index contributed by atoms with van der Waals surface area (Å²) in [5.41, 5.74) is -0.783. The number of ether oxygens (including phenoxy) is 1. The van der Waals surface area contributed by atoms with E-state index in [1.54, 1.807) is 14.0 Å². The van der Waals surface area contributed by atoms with E-state index in [2.05, 4.69) is 4.98 Å². The Morgan fingerprint density at radius 3 is 2.59 bits per heavy atom. The Bertz CT molecular complexity index is 606. The molecule has 0 unspecified atom stereocenters. The molecule has 1 aromatic rings. The third kappa shape index (κ3) is 3.08. The van der Waals surface area contributed by atoms with Crippen molar-refractivity contribution >= 4 is 11.9 Å². The SMILES string of the molecule is CCOc1c(C(=O)O)nc(N(C)C2CCCCC2)n(C)c1=O. The summed E-state index contributed by atoms with van der Waals surface area (Å²) >= 11 is 0. The number of aromatic carboxylic acids is 1. The van der Waals surface area contributed by atoms with Crippen molar-refractivity contribution in [3.05, 3.63) is 16.0 Å². The summed E-state index contributed by atoms with van der Waals surface area (Å²) in [6, 6.07) is 0.284. The predicted octanol–water partition coefficient (Wildman–Crippen LogP) is 1.65. The Morgan fingerprint density at radius 2 is 2.05 bits per heavy atom. The Morgan fingerprint density at radius 1 is 1.41 bits per heavy atom. The topological polar surface area (TPSA) is 84.7 Å². The molecule has 2 rings (SSSR count). The van der Waals surface area contributed by atoms with Crippen molar-refractivity contribution in [1.82, 2.24) is 9.55 Å². The van der Waals surface area contributed by atoms with E-state index in [9.17, 15) is 14.7 Å². The van der Waals surface area contributed by atoms with Gasteiger partial charge in [0.1, 0.15) is 0 Å². The molecular formula is C15H23N3O4. The van der Waals surface area contributed by atoms with Gasteiger partial charge in [-0.15, -0.1) is 0 Å². The average Bonchev–Trinajstić information content (AvgIpc) is 2.52. The number of carboxylic acids is 1. The maximum Gasteiger partial charge on any atom is 0.358 e.